The number of nitrogen functional groups attached to an aromatic ring is 1. The molecule has 0 atom stereocenters. The van der Waals surface area contributed by atoms with Gasteiger partial charge in [0.1, 0.15) is 0 Å². The van der Waals surface area contributed by atoms with E-state index in [1.165, 1.54) is 0 Å². The topological polar surface area (TPSA) is 69.1 Å². The minimum atomic E-state index is -0.371. The molecule has 0 aliphatic carbocycles. The Bertz CT molecular complexity index is 745. The molecule has 0 spiro atoms. The molecular formula is C12H8N2O2Se. The molecule has 2 aromatic heterocycles. The zero-order chi connectivity index (χ0) is 11.8. The number of hydrogen-bond donors (Lipinski definition) is 1. The fourth-order valence-corrected chi connectivity index (χ4v) is 2.83. The van der Waals surface area contributed by atoms with E-state index in [1.807, 2.05) is 23.1 Å². The first-order valence-corrected chi connectivity index (χ1v) is 6.83. The molecular weight excluding hydrogens is 283 g/mol. The Morgan fingerprint density at radius 1 is 1.29 bits per heavy atom. The first-order chi connectivity index (χ1) is 8.24. The van der Waals surface area contributed by atoms with Gasteiger partial charge in [-0.1, -0.05) is 0 Å². The molecule has 2 N–H and O–H groups in total. The summed E-state index contributed by atoms with van der Waals surface area (Å²) in [6, 6.07) is 9.20. The summed E-state index contributed by atoms with van der Waals surface area (Å²) >= 11 is 0.0490. The maximum atomic E-state index is 11.8. The van der Waals surface area contributed by atoms with Gasteiger partial charge in [0.05, 0.1) is 0 Å². The van der Waals surface area contributed by atoms with Crippen molar-refractivity contribution in [2.45, 2.75) is 0 Å². The molecule has 0 fully saturated rings. The predicted octanol–water partition coefficient (Wildman–Crippen LogP) is 1.49. The molecule has 0 aliphatic heterocycles. The van der Waals surface area contributed by atoms with Gasteiger partial charge in [0.15, 0.2) is 0 Å². The Hall–Kier alpha value is -1.84. The Morgan fingerprint density at radius 2 is 2.12 bits per heavy atom. The molecule has 84 valence electrons. The third-order valence-electron chi connectivity index (χ3n) is 2.44. The molecule has 0 unspecified atom stereocenters. The number of benzene rings is 1. The van der Waals surface area contributed by atoms with Crippen LogP contribution in [-0.4, -0.2) is 19.5 Å². The van der Waals surface area contributed by atoms with E-state index in [0.717, 1.165) is 5.39 Å². The van der Waals surface area contributed by atoms with Crippen LogP contribution in [0.15, 0.2) is 44.5 Å². The van der Waals surface area contributed by atoms with Gasteiger partial charge in [-0.15, -0.1) is 0 Å². The summed E-state index contributed by atoms with van der Waals surface area (Å²) in [6.07, 6.45) is 0. The average molecular weight is 291 g/mol. The molecule has 3 aromatic rings. The Balaban J connectivity index is 2.30. The molecule has 0 saturated heterocycles. The Kier molecular flexibility index (Phi) is 2.35. The Labute approximate surface area is 102 Å². The monoisotopic (exact) mass is 292 g/mol. The zero-order valence-corrected chi connectivity index (χ0v) is 10.4. The number of fused-ring (bicyclic) bond motifs is 1. The van der Waals surface area contributed by atoms with Gasteiger partial charge in [0.2, 0.25) is 0 Å². The van der Waals surface area contributed by atoms with Gasteiger partial charge >= 0.3 is 102 Å². The number of hydrogen-bond acceptors (Lipinski definition) is 4. The number of nitrogens with two attached hydrogens (primary N) is 1. The second-order valence-corrected chi connectivity index (χ2v) is 5.42. The fraction of sp³-hybridized carbons (Fsp3) is 0. The van der Waals surface area contributed by atoms with Crippen LogP contribution in [0.2, 0.25) is 0 Å². The number of anilines is 1. The van der Waals surface area contributed by atoms with E-state index < -0.39 is 0 Å². The molecule has 0 amide bonds. The average Bonchev–Trinajstić information content (AvgIpc) is 2.75. The van der Waals surface area contributed by atoms with Crippen molar-refractivity contribution in [3.05, 3.63) is 45.7 Å². The van der Waals surface area contributed by atoms with Gasteiger partial charge in [-0.25, -0.2) is 0 Å². The van der Waals surface area contributed by atoms with Crippen LogP contribution < -0.4 is 11.4 Å². The molecule has 0 radical (unpaired) electrons. The van der Waals surface area contributed by atoms with Crippen LogP contribution in [0, 0.1) is 0 Å². The SMILES string of the molecule is Nc1nc(-c2cc3ccccc3oc2=O)c[se]1. The van der Waals surface area contributed by atoms with Crippen LogP contribution in [0.25, 0.3) is 22.2 Å². The van der Waals surface area contributed by atoms with Crippen molar-refractivity contribution in [2.75, 3.05) is 5.73 Å². The van der Waals surface area contributed by atoms with Gasteiger partial charge in [-0.3, -0.25) is 0 Å². The summed E-state index contributed by atoms with van der Waals surface area (Å²) in [5, 5.41) is 0.885. The standard InChI is InChI=1S/C12H8N2O2Se/c13-12-14-9(6-17-12)8-5-7-3-1-2-4-10(7)16-11(8)15/h1-6H,(H2,13,14). The van der Waals surface area contributed by atoms with Crippen molar-refractivity contribution in [3.8, 4) is 11.3 Å². The summed E-state index contributed by atoms with van der Waals surface area (Å²) in [5.41, 5.74) is 6.94. The summed E-state index contributed by atoms with van der Waals surface area (Å²) in [7, 11) is 0. The Morgan fingerprint density at radius 3 is 2.88 bits per heavy atom. The van der Waals surface area contributed by atoms with Gasteiger partial charge < -0.3 is 0 Å². The molecule has 0 aliphatic rings. The van der Waals surface area contributed by atoms with E-state index in [0.29, 0.717) is 21.5 Å². The molecule has 1 aromatic carbocycles. The quantitative estimate of drug-likeness (QED) is 0.545. The zero-order valence-electron chi connectivity index (χ0n) is 8.71. The molecule has 3 rings (SSSR count). The molecule has 0 saturated carbocycles. The van der Waals surface area contributed by atoms with E-state index in [4.69, 9.17) is 10.2 Å². The third-order valence-corrected chi connectivity index (χ3v) is 3.85. The molecule has 17 heavy (non-hydrogen) atoms. The molecule has 2 heterocycles. The summed E-state index contributed by atoms with van der Waals surface area (Å²) in [6.45, 7) is 0. The molecule has 4 nitrogen and oxygen atoms in total. The van der Waals surface area contributed by atoms with E-state index in [1.54, 1.807) is 12.1 Å². The van der Waals surface area contributed by atoms with Crippen LogP contribution >= 0.6 is 0 Å². The van der Waals surface area contributed by atoms with E-state index in [2.05, 4.69) is 4.98 Å². The number of nitrogens with zero attached hydrogens (tertiary/aromatic N) is 1. The number of para-hydroxylation sites is 1. The van der Waals surface area contributed by atoms with Crippen LogP contribution in [0.3, 0.4) is 0 Å². The summed E-state index contributed by atoms with van der Waals surface area (Å²) in [4.78, 5) is 17.9. The van der Waals surface area contributed by atoms with Crippen molar-refractivity contribution in [1.29, 1.82) is 0 Å². The van der Waals surface area contributed by atoms with Crippen LogP contribution in [0.4, 0.5) is 4.69 Å². The van der Waals surface area contributed by atoms with Gasteiger partial charge in [-0.05, 0) is 0 Å². The van der Waals surface area contributed by atoms with Gasteiger partial charge in [0.25, 0.3) is 0 Å². The van der Waals surface area contributed by atoms with Crippen LogP contribution in [0.5, 0.6) is 0 Å². The first-order valence-electron chi connectivity index (χ1n) is 4.98. The van der Waals surface area contributed by atoms with E-state index in [9.17, 15) is 4.79 Å². The van der Waals surface area contributed by atoms with Gasteiger partial charge in [-0.2, -0.15) is 0 Å². The van der Waals surface area contributed by atoms with Crippen LogP contribution in [0.1, 0.15) is 0 Å². The number of rotatable bonds is 1. The summed E-state index contributed by atoms with van der Waals surface area (Å²) < 4.78 is 5.82. The second kappa shape index (κ2) is 3.87. The third kappa shape index (κ3) is 1.79. The number of aromatic nitrogens is 1. The van der Waals surface area contributed by atoms with Crippen LogP contribution in [-0.2, 0) is 0 Å². The van der Waals surface area contributed by atoms with Crippen molar-refractivity contribution in [3.63, 3.8) is 0 Å². The molecule has 5 heteroatoms. The van der Waals surface area contributed by atoms with Crippen molar-refractivity contribution in [1.82, 2.24) is 4.98 Å². The minimum absolute atomic E-state index is 0.0490. The summed E-state index contributed by atoms with van der Waals surface area (Å²) in [5.74, 6) is 0. The van der Waals surface area contributed by atoms with E-state index in [-0.39, 0.29) is 20.1 Å². The van der Waals surface area contributed by atoms with Crippen molar-refractivity contribution >= 4 is 30.2 Å². The van der Waals surface area contributed by atoms with E-state index >= 15 is 0 Å². The first kappa shape index (κ1) is 10.3. The molecule has 0 bridgehead atoms. The van der Waals surface area contributed by atoms with Crippen molar-refractivity contribution in [2.24, 2.45) is 0 Å². The normalized spacial score (nSPS) is 10.8. The maximum absolute atomic E-state index is 11.8. The fourth-order valence-electron chi connectivity index (χ4n) is 1.65. The second-order valence-electron chi connectivity index (χ2n) is 3.56. The predicted molar refractivity (Wildman–Crippen MR) is 67.1 cm³/mol. The van der Waals surface area contributed by atoms with Gasteiger partial charge in [0, 0.05) is 0 Å². The van der Waals surface area contributed by atoms with Crippen molar-refractivity contribution < 1.29 is 4.42 Å².